The van der Waals surface area contributed by atoms with Gasteiger partial charge in [0.05, 0.1) is 5.88 Å². The zero-order valence-corrected chi connectivity index (χ0v) is 16.9. The Morgan fingerprint density at radius 1 is 1.26 bits per heavy atom. The first kappa shape index (κ1) is 22.5. The van der Waals surface area contributed by atoms with Crippen LogP contribution in [0.25, 0.3) is 0 Å². The van der Waals surface area contributed by atoms with Crippen molar-refractivity contribution < 1.29 is 9.59 Å². The van der Waals surface area contributed by atoms with E-state index < -0.39 is 0 Å². The van der Waals surface area contributed by atoms with Gasteiger partial charge in [-0.25, -0.2) is 0 Å². The fraction of sp³-hybridized carbons (Fsp3) is 0.875. The summed E-state index contributed by atoms with van der Waals surface area (Å²) >= 11 is 1.65. The smallest absolute Gasteiger partial charge is 0.246 e. The lowest BCUT2D eigenvalue weighted by atomic mass is 9.91. The second-order valence-corrected chi connectivity index (χ2v) is 9.18. The Morgan fingerprint density at radius 2 is 1.83 bits per heavy atom. The minimum absolute atomic E-state index is 0. The van der Waals surface area contributed by atoms with Crippen LogP contribution in [0.5, 0.6) is 0 Å². The van der Waals surface area contributed by atoms with Crippen LogP contribution in [-0.2, 0) is 9.59 Å². The van der Waals surface area contributed by atoms with Gasteiger partial charge < -0.3 is 15.5 Å². The summed E-state index contributed by atoms with van der Waals surface area (Å²) in [4.78, 5) is 28.6. The molecular weight excluding hydrogens is 334 g/mol. The molecule has 2 amide bonds. The van der Waals surface area contributed by atoms with Crippen molar-refractivity contribution >= 4 is 36.0 Å². The van der Waals surface area contributed by atoms with Crippen molar-refractivity contribution in [3.63, 3.8) is 0 Å². The lowest BCUT2D eigenvalue weighted by molar-refractivity contribution is -0.144. The molecule has 2 N–H and O–H groups in total. The highest BCUT2D eigenvalue weighted by Gasteiger charge is 2.38. The second kappa shape index (κ2) is 8.58. The number of hydrogen-bond donors (Lipinski definition) is 1. The van der Waals surface area contributed by atoms with Crippen LogP contribution in [0.1, 0.15) is 41.0 Å². The third-order valence-electron chi connectivity index (χ3n) is 3.76. The summed E-state index contributed by atoms with van der Waals surface area (Å²) in [5.74, 6) is 1.39. The van der Waals surface area contributed by atoms with Gasteiger partial charge in [0.1, 0.15) is 6.04 Å². The van der Waals surface area contributed by atoms with Crippen LogP contribution in [0.3, 0.4) is 0 Å². The molecule has 0 spiro atoms. The van der Waals surface area contributed by atoms with Crippen LogP contribution in [0, 0.1) is 10.8 Å². The summed E-state index contributed by atoms with van der Waals surface area (Å²) in [6.45, 7) is 11.3. The second-order valence-electron chi connectivity index (χ2n) is 8.18. The summed E-state index contributed by atoms with van der Waals surface area (Å²) in [5.41, 5.74) is 5.57. The van der Waals surface area contributed by atoms with Gasteiger partial charge in [-0.1, -0.05) is 34.6 Å². The van der Waals surface area contributed by atoms with Crippen molar-refractivity contribution in [2.75, 3.05) is 31.8 Å². The number of rotatable bonds is 5. The lowest BCUT2D eigenvalue weighted by Gasteiger charge is -2.33. The average Bonchev–Trinajstić information content (AvgIpc) is 2.84. The van der Waals surface area contributed by atoms with Crippen molar-refractivity contribution in [2.45, 2.75) is 47.1 Å². The van der Waals surface area contributed by atoms with Crippen molar-refractivity contribution in [3.05, 3.63) is 0 Å². The molecule has 0 aromatic rings. The normalized spacial score (nSPS) is 18.6. The first-order chi connectivity index (χ1) is 9.97. The summed E-state index contributed by atoms with van der Waals surface area (Å²) in [6, 6.07) is -0.335. The number of carbonyl (C=O) groups is 2. The predicted molar refractivity (Wildman–Crippen MR) is 99.8 cm³/mol. The predicted octanol–water partition coefficient (Wildman–Crippen LogP) is 2.19. The van der Waals surface area contributed by atoms with Crippen LogP contribution in [0.15, 0.2) is 0 Å². The van der Waals surface area contributed by atoms with Crippen LogP contribution < -0.4 is 5.73 Å². The number of nitrogens with zero attached hydrogens (tertiary/aromatic N) is 2. The summed E-state index contributed by atoms with van der Waals surface area (Å²) < 4.78 is 0. The molecule has 0 aromatic carbocycles. The highest BCUT2D eigenvalue weighted by molar-refractivity contribution is 7.99. The van der Waals surface area contributed by atoms with Gasteiger partial charge in [-0.15, -0.1) is 24.2 Å². The van der Waals surface area contributed by atoms with Crippen molar-refractivity contribution in [3.8, 4) is 0 Å². The van der Waals surface area contributed by atoms with E-state index in [0.29, 0.717) is 31.1 Å². The zero-order chi connectivity index (χ0) is 17.1. The number of carbonyl (C=O) groups excluding carboxylic acids is 2. The van der Waals surface area contributed by atoms with Gasteiger partial charge in [0.2, 0.25) is 11.8 Å². The maximum Gasteiger partial charge on any atom is 0.246 e. The molecule has 0 saturated carbocycles. The Bertz CT molecular complexity index is 424. The number of amides is 2. The van der Waals surface area contributed by atoms with Gasteiger partial charge in [0.25, 0.3) is 0 Å². The van der Waals surface area contributed by atoms with E-state index in [9.17, 15) is 9.59 Å². The minimum atomic E-state index is -0.335. The molecular formula is C16H32ClN3O2S. The molecule has 0 aliphatic carbocycles. The molecule has 7 heteroatoms. The molecule has 1 atom stereocenters. The fourth-order valence-electron chi connectivity index (χ4n) is 2.49. The molecule has 5 nitrogen and oxygen atoms in total. The molecule has 23 heavy (non-hydrogen) atoms. The Hall–Kier alpha value is -0.460. The monoisotopic (exact) mass is 365 g/mol. The van der Waals surface area contributed by atoms with Gasteiger partial charge in [0.15, 0.2) is 0 Å². The molecule has 1 heterocycles. The number of halogens is 1. The Kier molecular flexibility index (Phi) is 8.41. The molecule has 0 radical (unpaired) electrons. The van der Waals surface area contributed by atoms with Crippen LogP contribution in [0.4, 0.5) is 0 Å². The molecule has 1 fully saturated rings. The number of thioether (sulfide) groups is 1. The quantitative estimate of drug-likeness (QED) is 0.810. The van der Waals surface area contributed by atoms with E-state index >= 15 is 0 Å². The summed E-state index contributed by atoms with van der Waals surface area (Å²) in [7, 11) is 1.80. The topological polar surface area (TPSA) is 66.6 Å². The Labute approximate surface area is 151 Å². The standard InChI is InChI=1S/C16H31N3O2S.ClH/c1-15(2,3)7-13(20)19-11-22-8-12(19)14(21)18(6)10-16(4,5)9-17;/h12H,7-11,17H2,1-6H3;1H. The average molecular weight is 366 g/mol. The Balaban J connectivity index is 0.00000484. The van der Waals surface area contributed by atoms with Gasteiger partial charge in [-0.3, -0.25) is 9.59 Å². The van der Waals surface area contributed by atoms with Crippen molar-refractivity contribution in [1.82, 2.24) is 9.80 Å². The van der Waals surface area contributed by atoms with Gasteiger partial charge >= 0.3 is 0 Å². The molecule has 0 aromatic heterocycles. The Morgan fingerprint density at radius 3 is 2.30 bits per heavy atom. The summed E-state index contributed by atoms with van der Waals surface area (Å²) in [6.07, 6.45) is 0.468. The largest absolute Gasteiger partial charge is 0.343 e. The molecule has 1 saturated heterocycles. The minimum Gasteiger partial charge on any atom is -0.343 e. The van der Waals surface area contributed by atoms with E-state index in [2.05, 4.69) is 0 Å². The highest BCUT2D eigenvalue weighted by atomic mass is 35.5. The maximum atomic E-state index is 12.7. The SMILES string of the molecule is CN(CC(C)(C)CN)C(=O)C1CSCN1C(=O)CC(C)(C)C.Cl. The van der Waals surface area contributed by atoms with Gasteiger partial charge in [-0.2, -0.15) is 0 Å². The van der Waals surface area contributed by atoms with Gasteiger partial charge in [-0.05, 0) is 17.4 Å². The lowest BCUT2D eigenvalue weighted by Crippen LogP contribution is -2.50. The first-order valence-electron chi connectivity index (χ1n) is 7.79. The number of nitrogens with two attached hydrogens (primary N) is 1. The van der Waals surface area contributed by atoms with E-state index in [1.807, 2.05) is 34.6 Å². The van der Waals surface area contributed by atoms with E-state index in [4.69, 9.17) is 5.73 Å². The summed E-state index contributed by atoms with van der Waals surface area (Å²) in [5, 5.41) is 0. The van der Waals surface area contributed by atoms with Gasteiger partial charge in [0, 0.05) is 25.8 Å². The van der Waals surface area contributed by atoms with E-state index in [0.717, 1.165) is 0 Å². The highest BCUT2D eigenvalue weighted by Crippen LogP contribution is 2.27. The number of likely N-dealkylation sites (N-methyl/N-ethyl adjacent to an activating group) is 1. The third-order valence-corrected chi connectivity index (χ3v) is 4.78. The van der Waals surface area contributed by atoms with Crippen molar-refractivity contribution in [2.24, 2.45) is 16.6 Å². The molecule has 1 aliphatic heterocycles. The molecule has 1 unspecified atom stereocenters. The molecule has 0 bridgehead atoms. The first-order valence-corrected chi connectivity index (χ1v) is 8.94. The van der Waals surface area contributed by atoms with E-state index in [-0.39, 0.29) is 41.1 Å². The van der Waals surface area contributed by atoms with Crippen LogP contribution in [0.2, 0.25) is 0 Å². The third kappa shape index (κ3) is 6.89. The van der Waals surface area contributed by atoms with E-state index in [1.165, 1.54) is 0 Å². The molecule has 136 valence electrons. The fourth-order valence-corrected chi connectivity index (χ4v) is 3.66. The molecule has 1 aliphatic rings. The van der Waals surface area contributed by atoms with Crippen LogP contribution >= 0.6 is 24.2 Å². The van der Waals surface area contributed by atoms with Crippen LogP contribution in [-0.4, -0.2) is 59.4 Å². The van der Waals surface area contributed by atoms with Crippen molar-refractivity contribution in [1.29, 1.82) is 0 Å². The zero-order valence-electron chi connectivity index (χ0n) is 15.2. The maximum absolute atomic E-state index is 12.7. The molecule has 1 rings (SSSR count). The number of hydrogen-bond acceptors (Lipinski definition) is 4. The van der Waals surface area contributed by atoms with E-state index in [1.54, 1.807) is 28.6 Å².